The van der Waals surface area contributed by atoms with Gasteiger partial charge in [0.15, 0.2) is 0 Å². The second kappa shape index (κ2) is 7.42. The number of carbonyl (C=O) groups is 1. The van der Waals surface area contributed by atoms with Crippen molar-refractivity contribution in [1.82, 2.24) is 15.2 Å². The Labute approximate surface area is 137 Å². The Balaban J connectivity index is 1.67. The minimum absolute atomic E-state index is 0.182. The highest BCUT2D eigenvalue weighted by molar-refractivity contribution is 7.07. The maximum atomic E-state index is 12.0. The van der Waals surface area contributed by atoms with Crippen LogP contribution in [0, 0.1) is 5.92 Å². The summed E-state index contributed by atoms with van der Waals surface area (Å²) in [6, 6.07) is 0.287. The third-order valence-corrected chi connectivity index (χ3v) is 4.44. The Morgan fingerprint density at radius 1 is 1.59 bits per heavy atom. The molecule has 0 bridgehead atoms. The van der Waals surface area contributed by atoms with Crippen LogP contribution in [0.4, 0.5) is 4.79 Å². The summed E-state index contributed by atoms with van der Waals surface area (Å²) in [5.41, 5.74) is 2.55. The fourth-order valence-electron chi connectivity index (χ4n) is 2.60. The lowest BCUT2D eigenvalue weighted by Crippen LogP contribution is -2.35. The summed E-state index contributed by atoms with van der Waals surface area (Å²) in [7, 11) is 0. The lowest BCUT2D eigenvalue weighted by molar-refractivity contribution is 0.0287. The maximum Gasteiger partial charge on any atom is 0.410 e. The second-order valence-corrected chi connectivity index (χ2v) is 7.68. The van der Waals surface area contributed by atoms with E-state index in [-0.39, 0.29) is 12.1 Å². The molecule has 2 atom stereocenters. The summed E-state index contributed by atoms with van der Waals surface area (Å²) in [5, 5.41) is 5.58. The van der Waals surface area contributed by atoms with E-state index in [0.29, 0.717) is 5.92 Å². The molecule has 1 aromatic rings. The first kappa shape index (κ1) is 17.2. The molecule has 124 valence electrons. The molecule has 2 unspecified atom stereocenters. The minimum Gasteiger partial charge on any atom is -0.444 e. The normalized spacial score (nSPS) is 20.2. The van der Waals surface area contributed by atoms with Gasteiger partial charge in [-0.15, -0.1) is 11.3 Å². The predicted molar refractivity (Wildman–Crippen MR) is 89.1 cm³/mol. The number of hydrogen-bond donors (Lipinski definition) is 1. The third kappa shape index (κ3) is 5.25. The molecule has 1 amide bonds. The zero-order chi connectivity index (χ0) is 16.2. The number of nitrogens with one attached hydrogen (secondary N) is 1. The smallest absolute Gasteiger partial charge is 0.410 e. The largest absolute Gasteiger partial charge is 0.444 e. The van der Waals surface area contributed by atoms with Gasteiger partial charge in [-0.2, -0.15) is 0 Å². The summed E-state index contributed by atoms with van der Waals surface area (Å²) in [6.07, 6.45) is 1.96. The molecule has 1 N–H and O–H groups in total. The van der Waals surface area contributed by atoms with Crippen LogP contribution in [0.2, 0.25) is 0 Å². The zero-order valence-corrected chi connectivity index (χ0v) is 14.8. The number of thiazole rings is 1. The summed E-state index contributed by atoms with van der Waals surface area (Å²) >= 11 is 1.63. The van der Waals surface area contributed by atoms with E-state index in [1.54, 1.807) is 11.3 Å². The lowest BCUT2D eigenvalue weighted by atomic mass is 10.1. The number of rotatable bonds is 5. The van der Waals surface area contributed by atoms with E-state index < -0.39 is 5.60 Å². The van der Waals surface area contributed by atoms with Gasteiger partial charge in [-0.1, -0.05) is 0 Å². The molecule has 1 aromatic heterocycles. The van der Waals surface area contributed by atoms with Crippen LogP contribution < -0.4 is 5.32 Å². The standard InChI is InChI=1S/C16H27N3O2S/c1-12(14-10-22-11-18-14)17-7-5-13-6-8-19(9-13)15(20)21-16(2,3)4/h10-13,17H,5-9H2,1-4H3. The number of hydrogen-bond acceptors (Lipinski definition) is 5. The van der Waals surface area contributed by atoms with Crippen LogP contribution in [0.5, 0.6) is 0 Å². The number of ether oxygens (including phenoxy) is 1. The first-order valence-electron chi connectivity index (χ1n) is 7.94. The van der Waals surface area contributed by atoms with Gasteiger partial charge in [0.1, 0.15) is 5.60 Å². The van der Waals surface area contributed by atoms with Gasteiger partial charge < -0.3 is 15.0 Å². The summed E-state index contributed by atoms with van der Waals surface area (Å²) in [4.78, 5) is 18.2. The Kier molecular flexibility index (Phi) is 5.81. The monoisotopic (exact) mass is 325 g/mol. The molecular weight excluding hydrogens is 298 g/mol. The Morgan fingerprint density at radius 2 is 2.36 bits per heavy atom. The minimum atomic E-state index is -0.417. The van der Waals surface area contributed by atoms with Crippen molar-refractivity contribution in [3.05, 3.63) is 16.6 Å². The topological polar surface area (TPSA) is 54.5 Å². The van der Waals surface area contributed by atoms with Gasteiger partial charge >= 0.3 is 6.09 Å². The molecule has 6 heteroatoms. The number of aromatic nitrogens is 1. The van der Waals surface area contributed by atoms with Crippen LogP contribution in [-0.4, -0.2) is 41.2 Å². The van der Waals surface area contributed by atoms with E-state index in [1.165, 1.54) is 0 Å². The van der Waals surface area contributed by atoms with Crippen molar-refractivity contribution in [3.8, 4) is 0 Å². The first-order valence-corrected chi connectivity index (χ1v) is 8.89. The van der Waals surface area contributed by atoms with E-state index in [0.717, 1.165) is 38.2 Å². The average Bonchev–Trinajstić information content (AvgIpc) is 3.08. The number of nitrogens with zero attached hydrogens (tertiary/aromatic N) is 2. The molecule has 2 rings (SSSR count). The van der Waals surface area contributed by atoms with Crippen molar-refractivity contribution in [2.24, 2.45) is 5.92 Å². The SMILES string of the molecule is CC(NCCC1CCN(C(=O)OC(C)(C)C)C1)c1cscn1. The summed E-state index contributed by atoms with van der Waals surface area (Å²) in [6.45, 7) is 10.4. The maximum absolute atomic E-state index is 12.0. The molecule has 1 aliphatic heterocycles. The van der Waals surface area contributed by atoms with Crippen LogP contribution in [0.15, 0.2) is 10.9 Å². The molecule has 0 aromatic carbocycles. The van der Waals surface area contributed by atoms with Gasteiger partial charge in [0.05, 0.1) is 11.2 Å². The molecule has 0 radical (unpaired) electrons. The summed E-state index contributed by atoms with van der Waals surface area (Å²) in [5.74, 6) is 0.558. The number of amides is 1. The van der Waals surface area contributed by atoms with Gasteiger partial charge in [0, 0.05) is 24.5 Å². The van der Waals surface area contributed by atoms with E-state index in [2.05, 4.69) is 22.6 Å². The zero-order valence-electron chi connectivity index (χ0n) is 14.0. The molecule has 22 heavy (non-hydrogen) atoms. The quantitative estimate of drug-likeness (QED) is 0.901. The first-order chi connectivity index (χ1) is 10.3. The fourth-order valence-corrected chi connectivity index (χ4v) is 3.25. The molecule has 0 spiro atoms. The van der Waals surface area contributed by atoms with Crippen LogP contribution in [-0.2, 0) is 4.74 Å². The fraction of sp³-hybridized carbons (Fsp3) is 0.750. The third-order valence-electron chi connectivity index (χ3n) is 3.84. The van der Waals surface area contributed by atoms with Crippen molar-refractivity contribution in [3.63, 3.8) is 0 Å². The van der Waals surface area contributed by atoms with Gasteiger partial charge in [-0.05, 0) is 53.0 Å². The second-order valence-electron chi connectivity index (χ2n) is 6.96. The van der Waals surface area contributed by atoms with E-state index in [1.807, 2.05) is 31.2 Å². The highest BCUT2D eigenvalue weighted by atomic mass is 32.1. The summed E-state index contributed by atoms with van der Waals surface area (Å²) < 4.78 is 5.43. The van der Waals surface area contributed by atoms with Crippen LogP contribution >= 0.6 is 11.3 Å². The van der Waals surface area contributed by atoms with Crippen LogP contribution in [0.3, 0.4) is 0 Å². The van der Waals surface area contributed by atoms with Crippen molar-refractivity contribution in [2.75, 3.05) is 19.6 Å². The predicted octanol–water partition coefficient (Wildman–Crippen LogP) is 3.44. The molecule has 1 saturated heterocycles. The van der Waals surface area contributed by atoms with Crippen molar-refractivity contribution in [1.29, 1.82) is 0 Å². The van der Waals surface area contributed by atoms with E-state index in [4.69, 9.17) is 4.74 Å². The molecule has 5 nitrogen and oxygen atoms in total. The Morgan fingerprint density at radius 3 is 3.00 bits per heavy atom. The number of likely N-dealkylation sites (tertiary alicyclic amines) is 1. The van der Waals surface area contributed by atoms with Crippen molar-refractivity contribution >= 4 is 17.4 Å². The lowest BCUT2D eigenvalue weighted by Gasteiger charge is -2.24. The molecule has 0 saturated carbocycles. The van der Waals surface area contributed by atoms with Crippen LogP contribution in [0.1, 0.15) is 52.3 Å². The highest BCUT2D eigenvalue weighted by Crippen LogP contribution is 2.22. The van der Waals surface area contributed by atoms with Crippen molar-refractivity contribution < 1.29 is 9.53 Å². The highest BCUT2D eigenvalue weighted by Gasteiger charge is 2.29. The molecule has 0 aliphatic carbocycles. The Hall–Kier alpha value is -1.14. The average molecular weight is 325 g/mol. The van der Waals surface area contributed by atoms with Gasteiger partial charge in [0.2, 0.25) is 0 Å². The van der Waals surface area contributed by atoms with E-state index >= 15 is 0 Å². The molecule has 1 aliphatic rings. The van der Waals surface area contributed by atoms with Crippen molar-refractivity contribution in [2.45, 2.75) is 52.2 Å². The van der Waals surface area contributed by atoms with Gasteiger partial charge in [0.25, 0.3) is 0 Å². The number of carbonyl (C=O) groups excluding carboxylic acids is 1. The van der Waals surface area contributed by atoms with Crippen LogP contribution in [0.25, 0.3) is 0 Å². The van der Waals surface area contributed by atoms with Gasteiger partial charge in [-0.3, -0.25) is 0 Å². The molecule has 2 heterocycles. The molecular formula is C16H27N3O2S. The molecule has 1 fully saturated rings. The Bertz CT molecular complexity index is 470. The van der Waals surface area contributed by atoms with Gasteiger partial charge in [-0.25, -0.2) is 9.78 Å². The van der Waals surface area contributed by atoms with E-state index in [9.17, 15) is 4.79 Å².